The number of aryl methyl sites for hydroxylation is 1. The Morgan fingerprint density at radius 2 is 1.93 bits per heavy atom. The number of hydrogen-bond donors (Lipinski definition) is 1. The number of aromatic nitrogens is 1. The average Bonchev–Trinajstić information content (AvgIpc) is 3.35. The van der Waals surface area contributed by atoms with Crippen molar-refractivity contribution < 1.29 is 17.9 Å². The van der Waals surface area contributed by atoms with Crippen LogP contribution in [0.1, 0.15) is 18.4 Å². The summed E-state index contributed by atoms with van der Waals surface area (Å²) in [5.74, 6) is -0.166. The fourth-order valence-corrected chi connectivity index (χ4v) is 5.12. The number of hydrogen-bond acceptors (Lipinski definition) is 4. The molecule has 0 unspecified atom stereocenters. The SMILES string of the molecule is Cc1ccc(S(=O)(=O)c2cn(CC(=O)NC[C@@H]3CCCO3)c3ccccc23)cc1. The number of rotatable bonds is 6. The second kappa shape index (κ2) is 8.00. The summed E-state index contributed by atoms with van der Waals surface area (Å²) in [4.78, 5) is 12.9. The Morgan fingerprint density at radius 1 is 1.17 bits per heavy atom. The molecule has 2 aromatic carbocycles. The molecule has 6 nitrogen and oxygen atoms in total. The van der Waals surface area contributed by atoms with Crippen LogP contribution in [0.4, 0.5) is 0 Å². The van der Waals surface area contributed by atoms with Crippen LogP contribution in [0.2, 0.25) is 0 Å². The molecule has 152 valence electrons. The summed E-state index contributed by atoms with van der Waals surface area (Å²) in [5.41, 5.74) is 1.71. The molecule has 3 aromatic rings. The highest BCUT2D eigenvalue weighted by molar-refractivity contribution is 7.91. The molecule has 7 heteroatoms. The van der Waals surface area contributed by atoms with Crippen molar-refractivity contribution in [2.75, 3.05) is 13.2 Å². The van der Waals surface area contributed by atoms with Crippen molar-refractivity contribution in [2.45, 2.75) is 42.2 Å². The van der Waals surface area contributed by atoms with Gasteiger partial charge in [-0.3, -0.25) is 4.79 Å². The van der Waals surface area contributed by atoms with Crippen LogP contribution in [0.3, 0.4) is 0 Å². The molecule has 1 atom stereocenters. The largest absolute Gasteiger partial charge is 0.376 e. The van der Waals surface area contributed by atoms with E-state index in [-0.39, 0.29) is 28.3 Å². The zero-order valence-electron chi connectivity index (χ0n) is 16.3. The fourth-order valence-electron chi connectivity index (χ4n) is 3.65. The molecule has 0 radical (unpaired) electrons. The van der Waals surface area contributed by atoms with Crippen LogP contribution in [0.5, 0.6) is 0 Å². The van der Waals surface area contributed by atoms with Gasteiger partial charge in [-0.25, -0.2) is 8.42 Å². The molecule has 1 amide bonds. The van der Waals surface area contributed by atoms with Crippen LogP contribution in [0.25, 0.3) is 10.9 Å². The first-order valence-corrected chi connectivity index (χ1v) is 11.2. The van der Waals surface area contributed by atoms with Crippen molar-refractivity contribution in [3.05, 3.63) is 60.3 Å². The summed E-state index contributed by atoms with van der Waals surface area (Å²) >= 11 is 0. The molecule has 2 heterocycles. The normalized spacial score (nSPS) is 16.9. The van der Waals surface area contributed by atoms with Gasteiger partial charge in [0.1, 0.15) is 6.54 Å². The van der Waals surface area contributed by atoms with Crippen LogP contribution in [-0.4, -0.2) is 38.1 Å². The lowest BCUT2D eigenvalue weighted by Crippen LogP contribution is -2.34. The number of carbonyl (C=O) groups is 1. The first-order valence-electron chi connectivity index (χ1n) is 9.73. The minimum absolute atomic E-state index is 0.0522. The number of sulfone groups is 1. The maximum atomic E-state index is 13.2. The van der Waals surface area contributed by atoms with E-state index in [4.69, 9.17) is 4.74 Å². The highest BCUT2D eigenvalue weighted by Crippen LogP contribution is 2.30. The van der Waals surface area contributed by atoms with E-state index in [1.807, 2.05) is 19.1 Å². The fraction of sp³-hybridized carbons (Fsp3) is 0.318. The molecule has 0 saturated carbocycles. The number of amides is 1. The standard InChI is InChI=1S/C22H24N2O4S/c1-16-8-10-18(11-9-16)29(26,27)21-14-24(20-7-3-2-6-19(20)21)15-22(25)23-13-17-5-4-12-28-17/h2-3,6-11,14,17H,4-5,12-13,15H2,1H3,(H,23,25)/t17-/m0/s1. The maximum Gasteiger partial charge on any atom is 0.240 e. The molecular weight excluding hydrogens is 388 g/mol. The van der Waals surface area contributed by atoms with Gasteiger partial charge in [-0.15, -0.1) is 0 Å². The van der Waals surface area contributed by atoms with Gasteiger partial charge in [-0.1, -0.05) is 35.9 Å². The third-order valence-corrected chi connectivity index (χ3v) is 7.03. The Hall–Kier alpha value is -2.64. The zero-order valence-corrected chi connectivity index (χ0v) is 17.1. The minimum Gasteiger partial charge on any atom is -0.376 e. The predicted molar refractivity (Wildman–Crippen MR) is 111 cm³/mol. The lowest BCUT2D eigenvalue weighted by atomic mass is 10.2. The van der Waals surface area contributed by atoms with E-state index in [0.29, 0.717) is 17.4 Å². The number of para-hydroxylation sites is 1. The topological polar surface area (TPSA) is 77.4 Å². The Bertz CT molecular complexity index is 1130. The summed E-state index contributed by atoms with van der Waals surface area (Å²) in [6, 6.07) is 14.0. The predicted octanol–water partition coefficient (Wildman–Crippen LogP) is 3.08. The number of nitrogens with zero attached hydrogens (tertiary/aromatic N) is 1. The molecule has 1 aromatic heterocycles. The second-order valence-electron chi connectivity index (χ2n) is 7.39. The van der Waals surface area contributed by atoms with Crippen LogP contribution in [-0.2, 0) is 25.9 Å². The quantitative estimate of drug-likeness (QED) is 0.675. The zero-order chi connectivity index (χ0) is 20.4. The van der Waals surface area contributed by atoms with Gasteiger partial charge in [0, 0.05) is 30.3 Å². The van der Waals surface area contributed by atoms with E-state index in [1.165, 1.54) is 0 Å². The van der Waals surface area contributed by atoms with E-state index in [9.17, 15) is 13.2 Å². The number of nitrogens with one attached hydrogen (secondary N) is 1. The van der Waals surface area contributed by atoms with Gasteiger partial charge in [-0.05, 0) is 38.0 Å². The van der Waals surface area contributed by atoms with Crippen molar-refractivity contribution in [3.63, 3.8) is 0 Å². The van der Waals surface area contributed by atoms with E-state index >= 15 is 0 Å². The Morgan fingerprint density at radius 3 is 2.66 bits per heavy atom. The van der Waals surface area contributed by atoms with Crippen molar-refractivity contribution >= 4 is 26.6 Å². The minimum atomic E-state index is -3.70. The van der Waals surface area contributed by atoms with E-state index in [1.54, 1.807) is 47.2 Å². The first-order chi connectivity index (χ1) is 13.9. The molecule has 0 bridgehead atoms. The molecule has 1 fully saturated rings. The third kappa shape index (κ3) is 4.06. The van der Waals surface area contributed by atoms with Crippen LogP contribution >= 0.6 is 0 Å². The van der Waals surface area contributed by atoms with E-state index < -0.39 is 9.84 Å². The molecule has 0 spiro atoms. The van der Waals surface area contributed by atoms with Gasteiger partial charge in [-0.2, -0.15) is 0 Å². The van der Waals surface area contributed by atoms with Gasteiger partial charge in [0.25, 0.3) is 0 Å². The lowest BCUT2D eigenvalue weighted by Gasteiger charge is -2.11. The van der Waals surface area contributed by atoms with E-state index in [2.05, 4.69) is 5.32 Å². The van der Waals surface area contributed by atoms with Crippen LogP contribution in [0.15, 0.2) is 64.5 Å². The summed E-state index contributed by atoms with van der Waals surface area (Å²) < 4.78 is 33.7. The highest BCUT2D eigenvalue weighted by Gasteiger charge is 2.24. The van der Waals surface area contributed by atoms with Crippen LogP contribution < -0.4 is 5.32 Å². The summed E-state index contributed by atoms with van der Waals surface area (Å²) in [6.07, 6.45) is 3.60. The van der Waals surface area contributed by atoms with Crippen molar-refractivity contribution in [3.8, 4) is 0 Å². The summed E-state index contributed by atoms with van der Waals surface area (Å²) in [7, 11) is -3.70. The third-order valence-electron chi connectivity index (χ3n) is 5.24. The summed E-state index contributed by atoms with van der Waals surface area (Å²) in [5, 5.41) is 3.50. The number of fused-ring (bicyclic) bond motifs is 1. The van der Waals surface area contributed by atoms with Crippen molar-refractivity contribution in [1.29, 1.82) is 0 Å². The molecule has 29 heavy (non-hydrogen) atoms. The van der Waals surface area contributed by atoms with Gasteiger partial charge in [0.2, 0.25) is 15.7 Å². The van der Waals surface area contributed by atoms with Crippen molar-refractivity contribution in [1.82, 2.24) is 9.88 Å². The van der Waals surface area contributed by atoms with Crippen LogP contribution in [0, 0.1) is 6.92 Å². The van der Waals surface area contributed by atoms with E-state index in [0.717, 1.165) is 25.0 Å². The Balaban J connectivity index is 1.63. The molecule has 1 aliphatic rings. The molecule has 1 aliphatic heterocycles. The summed E-state index contributed by atoms with van der Waals surface area (Å²) in [6.45, 7) is 3.18. The maximum absolute atomic E-state index is 13.2. The number of benzene rings is 2. The monoisotopic (exact) mass is 412 g/mol. The number of ether oxygens (including phenoxy) is 1. The molecule has 0 aliphatic carbocycles. The number of carbonyl (C=O) groups excluding carboxylic acids is 1. The van der Waals surface area contributed by atoms with Crippen molar-refractivity contribution in [2.24, 2.45) is 0 Å². The molecule has 1 N–H and O–H groups in total. The van der Waals surface area contributed by atoms with Gasteiger partial charge >= 0.3 is 0 Å². The lowest BCUT2D eigenvalue weighted by molar-refractivity contribution is -0.122. The first kappa shape index (κ1) is 19.7. The average molecular weight is 413 g/mol. The molecule has 1 saturated heterocycles. The Kier molecular flexibility index (Phi) is 5.43. The van der Waals surface area contributed by atoms with Gasteiger partial charge in [0.05, 0.1) is 15.9 Å². The smallest absolute Gasteiger partial charge is 0.240 e. The van der Waals surface area contributed by atoms with Gasteiger partial charge < -0.3 is 14.6 Å². The van der Waals surface area contributed by atoms with Gasteiger partial charge in [0.15, 0.2) is 0 Å². The Labute approximate surface area is 170 Å². The highest BCUT2D eigenvalue weighted by atomic mass is 32.2. The second-order valence-corrected chi connectivity index (χ2v) is 9.31. The molecule has 4 rings (SSSR count). The molecular formula is C22H24N2O4S.